The first-order valence-corrected chi connectivity index (χ1v) is 11.2. The molecule has 0 atom stereocenters. The second-order valence-electron chi connectivity index (χ2n) is 7.99. The molecular formula is C23H37IN4O3. The second-order valence-corrected chi connectivity index (χ2v) is 7.99. The average Bonchev–Trinajstić information content (AvgIpc) is 2.80. The molecule has 3 rings (SSSR count). The number of benzene rings is 1. The van der Waals surface area contributed by atoms with Crippen molar-refractivity contribution in [2.75, 3.05) is 59.6 Å². The van der Waals surface area contributed by atoms with Gasteiger partial charge in [0.25, 0.3) is 0 Å². The van der Waals surface area contributed by atoms with Gasteiger partial charge in [-0.1, -0.05) is 12.1 Å². The third kappa shape index (κ3) is 7.24. The first kappa shape index (κ1) is 25.7. The van der Waals surface area contributed by atoms with Gasteiger partial charge < -0.3 is 24.6 Å². The van der Waals surface area contributed by atoms with Gasteiger partial charge in [0.2, 0.25) is 5.91 Å². The van der Waals surface area contributed by atoms with Crippen LogP contribution in [-0.4, -0.2) is 81.3 Å². The molecule has 2 aliphatic heterocycles. The van der Waals surface area contributed by atoms with E-state index in [1.165, 1.54) is 5.56 Å². The van der Waals surface area contributed by atoms with E-state index in [-0.39, 0.29) is 29.9 Å². The maximum atomic E-state index is 12.8. The molecule has 2 aliphatic rings. The lowest BCUT2D eigenvalue weighted by Gasteiger charge is -2.36. The Morgan fingerprint density at radius 2 is 1.90 bits per heavy atom. The lowest BCUT2D eigenvalue weighted by molar-refractivity contribution is -0.140. The van der Waals surface area contributed by atoms with Crippen molar-refractivity contribution in [2.24, 2.45) is 10.9 Å². The molecular weight excluding hydrogens is 507 g/mol. The van der Waals surface area contributed by atoms with E-state index < -0.39 is 0 Å². The molecule has 2 heterocycles. The molecule has 1 N–H and O–H groups in total. The molecule has 2 fully saturated rings. The van der Waals surface area contributed by atoms with Gasteiger partial charge in [-0.2, -0.15) is 0 Å². The number of hydrogen-bond acceptors (Lipinski definition) is 4. The summed E-state index contributed by atoms with van der Waals surface area (Å²) < 4.78 is 10.8. The molecule has 0 saturated carbocycles. The average molecular weight is 544 g/mol. The van der Waals surface area contributed by atoms with E-state index in [0.717, 1.165) is 75.8 Å². The van der Waals surface area contributed by atoms with E-state index in [1.807, 2.05) is 4.90 Å². The number of piperidine rings is 1. The van der Waals surface area contributed by atoms with E-state index in [0.29, 0.717) is 19.1 Å². The van der Waals surface area contributed by atoms with Gasteiger partial charge in [-0.3, -0.25) is 9.79 Å². The number of guanidine groups is 1. The van der Waals surface area contributed by atoms with Gasteiger partial charge in [-0.15, -0.1) is 24.0 Å². The fraction of sp³-hybridized carbons (Fsp3) is 0.652. The van der Waals surface area contributed by atoms with Crippen molar-refractivity contribution in [1.29, 1.82) is 0 Å². The summed E-state index contributed by atoms with van der Waals surface area (Å²) in [5.74, 6) is 2.31. The summed E-state index contributed by atoms with van der Waals surface area (Å²) in [5, 5.41) is 3.42. The lowest BCUT2D eigenvalue weighted by atomic mass is 9.95. The Hall–Kier alpha value is -1.55. The highest BCUT2D eigenvalue weighted by molar-refractivity contribution is 14.0. The number of carbonyl (C=O) groups excluding carboxylic acids is 1. The van der Waals surface area contributed by atoms with Gasteiger partial charge in [-0.25, -0.2) is 0 Å². The highest BCUT2D eigenvalue weighted by atomic mass is 127. The molecule has 7 nitrogen and oxygen atoms in total. The van der Waals surface area contributed by atoms with Gasteiger partial charge in [0.1, 0.15) is 5.75 Å². The minimum Gasteiger partial charge on any atom is -0.496 e. The van der Waals surface area contributed by atoms with Gasteiger partial charge in [0.15, 0.2) is 5.96 Å². The fourth-order valence-electron chi connectivity index (χ4n) is 4.12. The van der Waals surface area contributed by atoms with Gasteiger partial charge >= 0.3 is 0 Å². The Bertz CT molecular complexity index is 730. The Kier molecular flexibility index (Phi) is 10.9. The quantitative estimate of drug-likeness (QED) is 0.339. The summed E-state index contributed by atoms with van der Waals surface area (Å²) >= 11 is 0. The Morgan fingerprint density at radius 3 is 2.55 bits per heavy atom. The van der Waals surface area contributed by atoms with Crippen LogP contribution in [-0.2, 0) is 16.0 Å². The van der Waals surface area contributed by atoms with Crippen LogP contribution in [0.25, 0.3) is 0 Å². The van der Waals surface area contributed by atoms with Crippen LogP contribution in [0.5, 0.6) is 5.75 Å². The van der Waals surface area contributed by atoms with Gasteiger partial charge in [0.05, 0.1) is 20.3 Å². The number of nitrogens with zero attached hydrogens (tertiary/aromatic N) is 3. The first-order chi connectivity index (χ1) is 14.6. The maximum Gasteiger partial charge on any atom is 0.225 e. The largest absolute Gasteiger partial charge is 0.496 e. The van der Waals surface area contributed by atoms with Crippen LogP contribution in [0.3, 0.4) is 0 Å². The SMILES string of the molecule is CCNC(=NCCc1ccc(C)c(OC)c1)N1CCC(C(=O)N2CCOCC2)CC1.I. The van der Waals surface area contributed by atoms with Crippen LogP contribution >= 0.6 is 24.0 Å². The predicted octanol–water partition coefficient (Wildman–Crippen LogP) is 2.70. The normalized spacial score (nSPS) is 17.8. The molecule has 31 heavy (non-hydrogen) atoms. The van der Waals surface area contributed by atoms with Crippen molar-refractivity contribution < 1.29 is 14.3 Å². The number of halogens is 1. The number of aliphatic imine (C=N–C) groups is 1. The molecule has 0 spiro atoms. The number of methoxy groups -OCH3 is 1. The van der Waals surface area contributed by atoms with Crippen molar-refractivity contribution in [1.82, 2.24) is 15.1 Å². The van der Waals surface area contributed by atoms with Crippen LogP contribution in [0.2, 0.25) is 0 Å². The minimum atomic E-state index is 0. The summed E-state index contributed by atoms with van der Waals surface area (Å²) in [6.45, 7) is 10.2. The summed E-state index contributed by atoms with van der Waals surface area (Å²) in [6.07, 6.45) is 2.64. The molecule has 8 heteroatoms. The number of nitrogens with one attached hydrogen (secondary N) is 1. The third-order valence-corrected chi connectivity index (χ3v) is 5.94. The number of hydrogen-bond donors (Lipinski definition) is 1. The summed E-state index contributed by atoms with van der Waals surface area (Å²) in [5.41, 5.74) is 2.37. The summed E-state index contributed by atoms with van der Waals surface area (Å²) in [7, 11) is 1.71. The van der Waals surface area contributed by atoms with Crippen molar-refractivity contribution in [3.8, 4) is 5.75 Å². The molecule has 0 radical (unpaired) electrons. The van der Waals surface area contributed by atoms with Crippen LogP contribution in [0.1, 0.15) is 30.9 Å². The molecule has 0 unspecified atom stereocenters. The van der Waals surface area contributed by atoms with Crippen molar-refractivity contribution >= 4 is 35.8 Å². The second kappa shape index (κ2) is 13.1. The highest BCUT2D eigenvalue weighted by Crippen LogP contribution is 2.21. The monoisotopic (exact) mass is 544 g/mol. The molecule has 0 aliphatic carbocycles. The summed E-state index contributed by atoms with van der Waals surface area (Å²) in [4.78, 5) is 21.9. The topological polar surface area (TPSA) is 66.4 Å². The van der Waals surface area contributed by atoms with Gasteiger partial charge in [-0.05, 0) is 50.3 Å². The van der Waals surface area contributed by atoms with E-state index in [1.54, 1.807) is 7.11 Å². The smallest absolute Gasteiger partial charge is 0.225 e. The Morgan fingerprint density at radius 1 is 1.19 bits per heavy atom. The van der Waals surface area contributed by atoms with Crippen molar-refractivity contribution in [3.05, 3.63) is 29.3 Å². The van der Waals surface area contributed by atoms with Crippen molar-refractivity contribution in [3.63, 3.8) is 0 Å². The van der Waals surface area contributed by atoms with Crippen molar-refractivity contribution in [2.45, 2.75) is 33.1 Å². The van der Waals surface area contributed by atoms with Crippen LogP contribution in [0, 0.1) is 12.8 Å². The lowest BCUT2D eigenvalue weighted by Crippen LogP contribution is -2.50. The third-order valence-electron chi connectivity index (χ3n) is 5.94. The molecule has 2 saturated heterocycles. The number of ether oxygens (including phenoxy) is 2. The van der Waals surface area contributed by atoms with E-state index in [4.69, 9.17) is 14.5 Å². The Balaban J connectivity index is 0.00000341. The molecule has 1 aromatic carbocycles. The van der Waals surface area contributed by atoms with E-state index in [2.05, 4.69) is 42.3 Å². The highest BCUT2D eigenvalue weighted by Gasteiger charge is 2.30. The van der Waals surface area contributed by atoms with E-state index in [9.17, 15) is 4.79 Å². The van der Waals surface area contributed by atoms with Crippen LogP contribution in [0.15, 0.2) is 23.2 Å². The zero-order valence-electron chi connectivity index (χ0n) is 19.1. The minimum absolute atomic E-state index is 0. The number of likely N-dealkylation sites (tertiary alicyclic amines) is 1. The standard InChI is InChI=1S/C23H36N4O3.HI/c1-4-24-23(25-10-7-19-6-5-18(2)21(17-19)29-3)27-11-8-20(9-12-27)22(28)26-13-15-30-16-14-26;/h5-6,17,20H,4,7-16H2,1-3H3,(H,24,25);1H. The predicted molar refractivity (Wildman–Crippen MR) is 135 cm³/mol. The summed E-state index contributed by atoms with van der Waals surface area (Å²) in [6, 6.07) is 6.34. The first-order valence-electron chi connectivity index (χ1n) is 11.2. The number of aryl methyl sites for hydroxylation is 1. The number of morpholine rings is 1. The maximum absolute atomic E-state index is 12.8. The number of amides is 1. The zero-order valence-corrected chi connectivity index (χ0v) is 21.4. The molecule has 0 aromatic heterocycles. The van der Waals surface area contributed by atoms with Crippen LogP contribution in [0.4, 0.5) is 0 Å². The van der Waals surface area contributed by atoms with Gasteiger partial charge in [0, 0.05) is 45.2 Å². The zero-order chi connectivity index (χ0) is 21.3. The van der Waals surface area contributed by atoms with Crippen LogP contribution < -0.4 is 10.1 Å². The Labute approximate surface area is 203 Å². The fourth-order valence-corrected chi connectivity index (χ4v) is 4.12. The molecule has 0 bridgehead atoms. The molecule has 1 amide bonds. The van der Waals surface area contributed by atoms with E-state index >= 15 is 0 Å². The number of rotatable bonds is 6. The number of carbonyl (C=O) groups is 1. The molecule has 174 valence electrons. The molecule has 1 aromatic rings.